The van der Waals surface area contributed by atoms with Crippen molar-refractivity contribution in [1.29, 1.82) is 0 Å². The van der Waals surface area contributed by atoms with Crippen molar-refractivity contribution < 1.29 is 9.90 Å². The van der Waals surface area contributed by atoms with Crippen LogP contribution < -0.4 is 5.32 Å². The van der Waals surface area contributed by atoms with E-state index in [0.29, 0.717) is 17.7 Å². The second kappa shape index (κ2) is 9.17. The standard InChI is InChI=1S/C17H24N2O2/c1-4-19(5-2)11-10-18-17(21)16-13-14(3)8-9-15(16)7-6-12-20/h8-9,13,20H,4-5,10-12H2,1-3H3,(H,18,21). The maximum Gasteiger partial charge on any atom is 0.252 e. The molecule has 4 heteroatoms. The Hall–Kier alpha value is -1.83. The molecule has 0 aliphatic rings. The van der Waals surface area contributed by atoms with Gasteiger partial charge in [0, 0.05) is 18.7 Å². The van der Waals surface area contributed by atoms with Crippen molar-refractivity contribution in [2.45, 2.75) is 20.8 Å². The summed E-state index contributed by atoms with van der Waals surface area (Å²) in [5.41, 5.74) is 2.23. The molecular formula is C17H24N2O2. The molecule has 0 heterocycles. The predicted octanol–water partition coefficient (Wildman–Crippen LogP) is 1.41. The minimum Gasteiger partial charge on any atom is -0.384 e. The Labute approximate surface area is 127 Å². The highest BCUT2D eigenvalue weighted by Crippen LogP contribution is 2.10. The molecule has 0 aliphatic heterocycles. The topological polar surface area (TPSA) is 52.6 Å². The zero-order valence-corrected chi connectivity index (χ0v) is 13.1. The first-order valence-electron chi connectivity index (χ1n) is 7.33. The molecule has 0 unspecified atom stereocenters. The van der Waals surface area contributed by atoms with Crippen molar-refractivity contribution in [2.75, 3.05) is 32.8 Å². The number of rotatable bonds is 6. The van der Waals surface area contributed by atoms with Crippen LogP contribution in [0.25, 0.3) is 0 Å². The van der Waals surface area contributed by atoms with E-state index in [0.717, 1.165) is 25.2 Å². The molecule has 1 rings (SSSR count). The zero-order chi connectivity index (χ0) is 15.7. The van der Waals surface area contributed by atoms with E-state index >= 15 is 0 Å². The minimum atomic E-state index is -0.211. The van der Waals surface area contributed by atoms with E-state index < -0.39 is 0 Å². The van der Waals surface area contributed by atoms with Crippen molar-refractivity contribution in [3.05, 3.63) is 34.9 Å². The number of nitrogens with zero attached hydrogens (tertiary/aromatic N) is 1. The van der Waals surface area contributed by atoms with Crippen molar-refractivity contribution in [1.82, 2.24) is 10.2 Å². The van der Waals surface area contributed by atoms with E-state index in [2.05, 4.69) is 35.9 Å². The lowest BCUT2D eigenvalue weighted by atomic mass is 10.0. The lowest BCUT2D eigenvalue weighted by molar-refractivity contribution is 0.0948. The Morgan fingerprint density at radius 2 is 2.05 bits per heavy atom. The van der Waals surface area contributed by atoms with Crippen LogP contribution in [0.1, 0.15) is 35.3 Å². The van der Waals surface area contributed by atoms with Gasteiger partial charge in [0.2, 0.25) is 0 Å². The number of carbonyl (C=O) groups is 1. The number of aryl methyl sites for hydroxylation is 1. The smallest absolute Gasteiger partial charge is 0.252 e. The minimum absolute atomic E-state index is 0.118. The predicted molar refractivity (Wildman–Crippen MR) is 85.3 cm³/mol. The van der Waals surface area contributed by atoms with Gasteiger partial charge in [-0.1, -0.05) is 37.3 Å². The molecule has 2 N–H and O–H groups in total. The number of likely N-dealkylation sites (N-methyl/N-ethyl adjacent to an activating group) is 1. The van der Waals surface area contributed by atoms with Gasteiger partial charge >= 0.3 is 0 Å². The van der Waals surface area contributed by atoms with E-state index in [9.17, 15) is 4.79 Å². The van der Waals surface area contributed by atoms with Gasteiger partial charge in [0.05, 0.1) is 5.56 Å². The maximum absolute atomic E-state index is 12.3. The average Bonchev–Trinajstić information content (AvgIpc) is 2.50. The van der Waals surface area contributed by atoms with Gasteiger partial charge in [0.1, 0.15) is 6.61 Å². The zero-order valence-electron chi connectivity index (χ0n) is 13.1. The van der Waals surface area contributed by atoms with Crippen LogP contribution in [0.3, 0.4) is 0 Å². The summed E-state index contributed by atoms with van der Waals surface area (Å²) in [5.74, 6) is 5.29. The molecule has 0 saturated heterocycles. The summed E-state index contributed by atoms with van der Waals surface area (Å²) in [5, 5.41) is 11.7. The summed E-state index contributed by atoms with van der Waals surface area (Å²) < 4.78 is 0. The molecule has 1 amide bonds. The van der Waals surface area contributed by atoms with Crippen LogP contribution in [-0.4, -0.2) is 48.7 Å². The van der Waals surface area contributed by atoms with Crippen LogP contribution >= 0.6 is 0 Å². The Morgan fingerprint density at radius 3 is 2.67 bits per heavy atom. The van der Waals surface area contributed by atoms with E-state index in [1.165, 1.54) is 0 Å². The number of aliphatic hydroxyl groups is 1. The number of hydrogen-bond acceptors (Lipinski definition) is 3. The highest BCUT2D eigenvalue weighted by atomic mass is 16.2. The average molecular weight is 288 g/mol. The molecule has 0 saturated carbocycles. The SMILES string of the molecule is CCN(CC)CCNC(=O)c1cc(C)ccc1C#CCO. The fraction of sp³-hybridized carbons (Fsp3) is 0.471. The van der Waals surface area contributed by atoms with Crippen molar-refractivity contribution in [3.8, 4) is 11.8 Å². The molecule has 0 aliphatic carbocycles. The summed E-state index contributed by atoms with van der Waals surface area (Å²) in [7, 11) is 0. The molecule has 0 spiro atoms. The first-order chi connectivity index (χ1) is 10.1. The van der Waals surface area contributed by atoms with E-state index in [4.69, 9.17) is 5.11 Å². The van der Waals surface area contributed by atoms with Gasteiger partial charge in [-0.15, -0.1) is 0 Å². The van der Waals surface area contributed by atoms with Crippen LogP contribution in [0.5, 0.6) is 0 Å². The van der Waals surface area contributed by atoms with Crippen molar-refractivity contribution in [2.24, 2.45) is 0 Å². The molecule has 0 fully saturated rings. The van der Waals surface area contributed by atoms with Crippen LogP contribution in [0.2, 0.25) is 0 Å². The van der Waals surface area contributed by atoms with E-state index in [1.807, 2.05) is 25.1 Å². The fourth-order valence-corrected chi connectivity index (χ4v) is 2.05. The third-order valence-corrected chi connectivity index (χ3v) is 3.33. The molecular weight excluding hydrogens is 264 g/mol. The largest absolute Gasteiger partial charge is 0.384 e. The summed E-state index contributed by atoms with van der Waals surface area (Å²) >= 11 is 0. The molecule has 4 nitrogen and oxygen atoms in total. The van der Waals surface area contributed by atoms with Gasteiger partial charge in [-0.2, -0.15) is 0 Å². The number of carbonyl (C=O) groups excluding carboxylic acids is 1. The Kier molecular flexibility index (Phi) is 7.52. The molecule has 0 bridgehead atoms. The molecule has 1 aromatic carbocycles. The highest BCUT2D eigenvalue weighted by molar-refractivity contribution is 5.96. The fourth-order valence-electron chi connectivity index (χ4n) is 2.05. The summed E-state index contributed by atoms with van der Waals surface area (Å²) in [6.45, 7) is 9.34. The van der Waals surface area contributed by atoms with Gasteiger partial charge < -0.3 is 15.3 Å². The van der Waals surface area contributed by atoms with Gasteiger partial charge in [0.15, 0.2) is 0 Å². The highest BCUT2D eigenvalue weighted by Gasteiger charge is 2.10. The summed E-state index contributed by atoms with van der Waals surface area (Å²) in [4.78, 5) is 14.5. The van der Waals surface area contributed by atoms with Gasteiger partial charge in [-0.05, 0) is 32.1 Å². The molecule has 1 aromatic rings. The number of hydrogen-bond donors (Lipinski definition) is 2. The van der Waals surface area contributed by atoms with Crippen LogP contribution in [0, 0.1) is 18.8 Å². The third-order valence-electron chi connectivity index (χ3n) is 3.33. The van der Waals surface area contributed by atoms with Gasteiger partial charge in [-0.25, -0.2) is 0 Å². The van der Waals surface area contributed by atoms with Crippen LogP contribution in [0.15, 0.2) is 18.2 Å². The number of amides is 1. The third kappa shape index (κ3) is 5.58. The summed E-state index contributed by atoms with van der Waals surface area (Å²) in [6, 6.07) is 5.56. The van der Waals surface area contributed by atoms with Crippen LogP contribution in [0.4, 0.5) is 0 Å². The molecule has 21 heavy (non-hydrogen) atoms. The van der Waals surface area contributed by atoms with E-state index in [1.54, 1.807) is 0 Å². The van der Waals surface area contributed by atoms with E-state index in [-0.39, 0.29) is 12.5 Å². The van der Waals surface area contributed by atoms with Gasteiger partial charge in [0.25, 0.3) is 5.91 Å². The first kappa shape index (κ1) is 17.2. The normalized spacial score (nSPS) is 10.1. The molecule has 0 atom stereocenters. The van der Waals surface area contributed by atoms with Gasteiger partial charge in [-0.3, -0.25) is 4.79 Å². The number of nitrogens with one attached hydrogen (secondary N) is 1. The monoisotopic (exact) mass is 288 g/mol. The molecule has 0 aromatic heterocycles. The molecule has 0 radical (unpaired) electrons. The quantitative estimate of drug-likeness (QED) is 0.778. The van der Waals surface area contributed by atoms with Crippen molar-refractivity contribution in [3.63, 3.8) is 0 Å². The van der Waals surface area contributed by atoms with Crippen molar-refractivity contribution >= 4 is 5.91 Å². The molecule has 114 valence electrons. The number of benzene rings is 1. The summed E-state index contributed by atoms with van der Waals surface area (Å²) in [6.07, 6.45) is 0. The maximum atomic E-state index is 12.3. The Balaban J connectivity index is 2.74. The second-order valence-electron chi connectivity index (χ2n) is 4.79. The lowest BCUT2D eigenvalue weighted by Crippen LogP contribution is -2.35. The lowest BCUT2D eigenvalue weighted by Gasteiger charge is -2.18. The first-order valence-corrected chi connectivity index (χ1v) is 7.33. The van der Waals surface area contributed by atoms with Crippen LogP contribution in [-0.2, 0) is 0 Å². The Bertz CT molecular complexity index is 525. The number of aliphatic hydroxyl groups excluding tert-OH is 1. The Morgan fingerprint density at radius 1 is 1.33 bits per heavy atom. The second-order valence-corrected chi connectivity index (χ2v) is 4.79.